The highest BCUT2D eigenvalue weighted by atomic mass is 35.5. The summed E-state index contributed by atoms with van der Waals surface area (Å²) < 4.78 is 5.51. The lowest BCUT2D eigenvalue weighted by Gasteiger charge is -2.34. The minimum atomic E-state index is -0.545. The van der Waals surface area contributed by atoms with E-state index in [2.05, 4.69) is 19.2 Å². The summed E-state index contributed by atoms with van der Waals surface area (Å²) in [7, 11) is 0. The Hall–Kier alpha value is -1.40. The van der Waals surface area contributed by atoms with Gasteiger partial charge in [-0.25, -0.2) is 0 Å². The quantitative estimate of drug-likeness (QED) is 0.571. The molecule has 1 heterocycles. The Labute approximate surface area is 157 Å². The number of hydrogen-bond donors (Lipinski definition) is 1. The molecule has 1 fully saturated rings. The molecule has 1 aromatic heterocycles. The van der Waals surface area contributed by atoms with E-state index in [-0.39, 0.29) is 37.2 Å². The number of nitrogens with one attached hydrogen (secondary N) is 1. The number of hydrogen-bond acceptors (Lipinski definition) is 5. The van der Waals surface area contributed by atoms with E-state index in [0.29, 0.717) is 21.0 Å². The maximum absolute atomic E-state index is 12.0. The predicted molar refractivity (Wildman–Crippen MR) is 98.0 cm³/mol. The smallest absolute Gasteiger partial charge is 0.306 e. The number of esters is 1. The van der Waals surface area contributed by atoms with Crippen LogP contribution >= 0.6 is 22.9 Å². The molecule has 2 rings (SSSR count). The Morgan fingerprint density at radius 2 is 2.00 bits per heavy atom. The lowest BCUT2D eigenvalue weighted by atomic mass is 9.78. The van der Waals surface area contributed by atoms with Crippen molar-refractivity contribution in [1.82, 2.24) is 5.32 Å². The third-order valence-corrected chi connectivity index (χ3v) is 6.09. The van der Waals surface area contributed by atoms with Crippen LogP contribution in [0.5, 0.6) is 0 Å². The van der Waals surface area contributed by atoms with E-state index >= 15 is 0 Å². The molecular formula is C18H24ClNO4S. The Morgan fingerprint density at radius 3 is 2.68 bits per heavy atom. The van der Waals surface area contributed by atoms with Gasteiger partial charge in [0.15, 0.2) is 12.4 Å². The van der Waals surface area contributed by atoms with E-state index in [1.54, 1.807) is 12.1 Å². The van der Waals surface area contributed by atoms with Crippen LogP contribution in [-0.2, 0) is 14.3 Å². The molecule has 0 saturated heterocycles. The van der Waals surface area contributed by atoms with Gasteiger partial charge in [0, 0.05) is 12.5 Å². The molecular weight excluding hydrogens is 362 g/mol. The van der Waals surface area contributed by atoms with E-state index in [9.17, 15) is 14.4 Å². The van der Waals surface area contributed by atoms with Crippen LogP contribution in [0.25, 0.3) is 0 Å². The number of ketones is 1. The summed E-state index contributed by atoms with van der Waals surface area (Å²) in [6, 6.07) is 3.43. The van der Waals surface area contributed by atoms with E-state index < -0.39 is 5.97 Å². The number of amides is 1. The van der Waals surface area contributed by atoms with Gasteiger partial charge in [0.25, 0.3) is 5.91 Å². The standard InChI is InChI=1S/C18H24ClNO4S/c1-11-4-3-5-13(12(11)2)20-17(22)10-24-18(23)9-6-14(21)15-7-8-16(19)25-15/h7-8,11-13H,3-6,9-10H2,1-2H3,(H,20,22)/t11-,12+,13+/m0/s1. The molecule has 0 bridgehead atoms. The molecule has 1 aromatic rings. The van der Waals surface area contributed by atoms with E-state index in [1.165, 1.54) is 17.8 Å². The number of carbonyl (C=O) groups excluding carboxylic acids is 3. The molecule has 25 heavy (non-hydrogen) atoms. The molecule has 0 unspecified atom stereocenters. The van der Waals surface area contributed by atoms with Crippen LogP contribution in [0.1, 0.15) is 55.6 Å². The van der Waals surface area contributed by atoms with Crippen LogP contribution in [0.4, 0.5) is 0 Å². The van der Waals surface area contributed by atoms with Crippen molar-refractivity contribution in [2.75, 3.05) is 6.61 Å². The number of rotatable bonds is 7. The fourth-order valence-corrected chi connectivity index (χ4v) is 4.07. The van der Waals surface area contributed by atoms with Crippen LogP contribution in [0.3, 0.4) is 0 Å². The van der Waals surface area contributed by atoms with E-state index in [0.717, 1.165) is 12.8 Å². The van der Waals surface area contributed by atoms with Gasteiger partial charge < -0.3 is 10.1 Å². The maximum atomic E-state index is 12.0. The largest absolute Gasteiger partial charge is 0.456 e. The second-order valence-corrected chi connectivity index (χ2v) is 8.34. The van der Waals surface area contributed by atoms with Crippen molar-refractivity contribution in [3.63, 3.8) is 0 Å². The second kappa shape index (κ2) is 9.34. The summed E-state index contributed by atoms with van der Waals surface area (Å²) in [5.74, 6) is 0.0252. The first-order valence-electron chi connectivity index (χ1n) is 8.60. The fraction of sp³-hybridized carbons (Fsp3) is 0.611. The molecule has 1 amide bonds. The first-order chi connectivity index (χ1) is 11.9. The van der Waals surface area contributed by atoms with Gasteiger partial charge in [-0.3, -0.25) is 14.4 Å². The van der Waals surface area contributed by atoms with Gasteiger partial charge in [0.05, 0.1) is 15.6 Å². The van der Waals surface area contributed by atoms with Gasteiger partial charge >= 0.3 is 5.97 Å². The average molecular weight is 386 g/mol. The van der Waals surface area contributed by atoms with Crippen molar-refractivity contribution in [1.29, 1.82) is 0 Å². The molecule has 1 aliphatic carbocycles. The van der Waals surface area contributed by atoms with Crippen molar-refractivity contribution in [2.45, 2.75) is 52.0 Å². The zero-order chi connectivity index (χ0) is 18.4. The third kappa shape index (κ3) is 6.12. The lowest BCUT2D eigenvalue weighted by molar-refractivity contribution is -0.148. The molecule has 1 N–H and O–H groups in total. The first kappa shape index (κ1) is 19.9. The Balaban J connectivity index is 1.67. The van der Waals surface area contributed by atoms with Gasteiger partial charge in [-0.15, -0.1) is 11.3 Å². The predicted octanol–water partition coefficient (Wildman–Crippen LogP) is 3.85. The summed E-state index contributed by atoms with van der Waals surface area (Å²) in [6.07, 6.45) is 3.26. The number of thiophene rings is 1. The van der Waals surface area contributed by atoms with Crippen molar-refractivity contribution in [2.24, 2.45) is 11.8 Å². The minimum Gasteiger partial charge on any atom is -0.456 e. The first-order valence-corrected chi connectivity index (χ1v) is 9.79. The van der Waals surface area contributed by atoms with Gasteiger partial charge in [-0.05, 0) is 30.4 Å². The highest BCUT2D eigenvalue weighted by Gasteiger charge is 2.28. The monoisotopic (exact) mass is 385 g/mol. The van der Waals surface area contributed by atoms with Gasteiger partial charge in [-0.1, -0.05) is 38.3 Å². The van der Waals surface area contributed by atoms with Crippen molar-refractivity contribution in [3.05, 3.63) is 21.3 Å². The zero-order valence-electron chi connectivity index (χ0n) is 14.5. The molecule has 1 aliphatic rings. The lowest BCUT2D eigenvalue weighted by Crippen LogP contribution is -2.45. The van der Waals surface area contributed by atoms with Gasteiger partial charge in [-0.2, -0.15) is 0 Å². The minimum absolute atomic E-state index is 0.0432. The van der Waals surface area contributed by atoms with Crippen LogP contribution in [0.2, 0.25) is 4.34 Å². The second-order valence-electron chi connectivity index (χ2n) is 6.63. The van der Waals surface area contributed by atoms with Gasteiger partial charge in [0.2, 0.25) is 0 Å². The van der Waals surface area contributed by atoms with Crippen LogP contribution in [0.15, 0.2) is 12.1 Å². The molecule has 7 heteroatoms. The Bertz CT molecular complexity index is 630. The van der Waals surface area contributed by atoms with E-state index in [4.69, 9.17) is 16.3 Å². The normalized spacial score (nSPS) is 23.1. The topological polar surface area (TPSA) is 72.5 Å². The molecule has 5 nitrogen and oxygen atoms in total. The molecule has 0 aliphatic heterocycles. The SMILES string of the molecule is C[C@@H]1[C@@H](C)CCC[C@H]1NC(=O)COC(=O)CCC(=O)c1ccc(Cl)s1. The molecule has 0 aromatic carbocycles. The van der Waals surface area contributed by atoms with E-state index in [1.807, 2.05) is 0 Å². The summed E-state index contributed by atoms with van der Waals surface area (Å²) in [4.78, 5) is 36.1. The Kier molecular flexibility index (Phi) is 7.44. The molecule has 0 spiro atoms. The number of Topliss-reactive ketones (excluding diaryl/α,β-unsaturated/α-hetero) is 1. The third-order valence-electron chi connectivity index (χ3n) is 4.82. The molecule has 1 saturated carbocycles. The number of ether oxygens (including phenoxy) is 1. The number of halogens is 1. The van der Waals surface area contributed by atoms with Crippen molar-refractivity contribution < 1.29 is 19.1 Å². The van der Waals surface area contributed by atoms with Crippen LogP contribution in [0, 0.1) is 11.8 Å². The summed E-state index contributed by atoms with van der Waals surface area (Å²) >= 11 is 6.97. The molecule has 138 valence electrons. The fourth-order valence-electron chi connectivity index (χ4n) is 3.06. The Morgan fingerprint density at radius 1 is 1.24 bits per heavy atom. The van der Waals surface area contributed by atoms with Gasteiger partial charge in [0.1, 0.15) is 0 Å². The highest BCUT2D eigenvalue weighted by Crippen LogP contribution is 2.29. The summed E-state index contributed by atoms with van der Waals surface area (Å²) in [5.41, 5.74) is 0. The number of carbonyl (C=O) groups is 3. The summed E-state index contributed by atoms with van der Waals surface area (Å²) in [6.45, 7) is 4.04. The zero-order valence-corrected chi connectivity index (χ0v) is 16.1. The molecule has 3 atom stereocenters. The average Bonchev–Trinajstić information content (AvgIpc) is 3.01. The van der Waals surface area contributed by atoms with Crippen LogP contribution in [-0.4, -0.2) is 30.3 Å². The van der Waals surface area contributed by atoms with Crippen molar-refractivity contribution >= 4 is 40.6 Å². The summed E-state index contributed by atoms with van der Waals surface area (Å²) in [5, 5.41) is 2.95. The molecule has 0 radical (unpaired) electrons. The van der Waals surface area contributed by atoms with Crippen molar-refractivity contribution in [3.8, 4) is 0 Å². The highest BCUT2D eigenvalue weighted by molar-refractivity contribution is 7.18. The maximum Gasteiger partial charge on any atom is 0.306 e. The van der Waals surface area contributed by atoms with Crippen LogP contribution < -0.4 is 5.32 Å².